The standard InChI is InChI=1S/C16H33NO/c1-5-8-11-17(13(4)6-2)15-12-14(7-3)9-10-16(15)18/h13-16,18H,5-12H2,1-4H3. The predicted molar refractivity (Wildman–Crippen MR) is 78.8 cm³/mol. The minimum Gasteiger partial charge on any atom is -0.391 e. The third kappa shape index (κ3) is 4.24. The first-order chi connectivity index (χ1) is 8.63. The molecule has 2 nitrogen and oxygen atoms in total. The summed E-state index contributed by atoms with van der Waals surface area (Å²) in [6.07, 6.45) is 8.27. The summed E-state index contributed by atoms with van der Waals surface area (Å²) in [4.78, 5) is 2.59. The molecule has 0 aromatic rings. The summed E-state index contributed by atoms with van der Waals surface area (Å²) in [6.45, 7) is 10.3. The lowest BCUT2D eigenvalue weighted by molar-refractivity contribution is -0.0154. The number of aliphatic hydroxyl groups is 1. The lowest BCUT2D eigenvalue weighted by Crippen LogP contribution is -2.51. The van der Waals surface area contributed by atoms with Gasteiger partial charge in [0.05, 0.1) is 6.10 Å². The van der Waals surface area contributed by atoms with Crippen molar-refractivity contribution in [2.45, 2.75) is 90.8 Å². The Bertz CT molecular complexity index is 215. The Morgan fingerprint density at radius 2 is 1.94 bits per heavy atom. The summed E-state index contributed by atoms with van der Waals surface area (Å²) in [5, 5.41) is 10.4. The molecule has 1 N–H and O–H groups in total. The Kier molecular flexibility index (Phi) is 7.25. The zero-order chi connectivity index (χ0) is 13.5. The Hall–Kier alpha value is -0.0800. The van der Waals surface area contributed by atoms with Crippen LogP contribution in [0.15, 0.2) is 0 Å². The van der Waals surface area contributed by atoms with Crippen LogP contribution in [0.5, 0.6) is 0 Å². The molecule has 0 aromatic heterocycles. The Morgan fingerprint density at radius 3 is 2.50 bits per heavy atom. The molecule has 1 fully saturated rings. The van der Waals surface area contributed by atoms with E-state index in [9.17, 15) is 5.11 Å². The van der Waals surface area contributed by atoms with E-state index >= 15 is 0 Å². The van der Waals surface area contributed by atoms with Gasteiger partial charge in [-0.15, -0.1) is 0 Å². The van der Waals surface area contributed by atoms with E-state index in [4.69, 9.17) is 0 Å². The number of nitrogens with zero attached hydrogens (tertiary/aromatic N) is 1. The number of hydrogen-bond donors (Lipinski definition) is 1. The van der Waals surface area contributed by atoms with Crippen molar-refractivity contribution in [3.05, 3.63) is 0 Å². The van der Waals surface area contributed by atoms with E-state index in [-0.39, 0.29) is 6.10 Å². The normalized spacial score (nSPS) is 30.7. The molecule has 108 valence electrons. The van der Waals surface area contributed by atoms with Gasteiger partial charge in [0, 0.05) is 12.1 Å². The fraction of sp³-hybridized carbons (Fsp3) is 1.00. The second-order valence-corrected chi connectivity index (χ2v) is 6.07. The average molecular weight is 255 g/mol. The minimum atomic E-state index is -0.0985. The maximum absolute atomic E-state index is 10.4. The smallest absolute Gasteiger partial charge is 0.0695 e. The van der Waals surface area contributed by atoms with Crippen molar-refractivity contribution >= 4 is 0 Å². The van der Waals surface area contributed by atoms with Gasteiger partial charge in [-0.3, -0.25) is 4.90 Å². The molecular formula is C16H33NO. The van der Waals surface area contributed by atoms with Gasteiger partial charge in [-0.05, 0) is 51.5 Å². The summed E-state index contributed by atoms with van der Waals surface area (Å²) in [5.74, 6) is 0.826. The lowest BCUT2D eigenvalue weighted by Gasteiger charge is -2.43. The van der Waals surface area contributed by atoms with Gasteiger partial charge in [0.25, 0.3) is 0 Å². The zero-order valence-electron chi connectivity index (χ0n) is 12.9. The van der Waals surface area contributed by atoms with Crippen LogP contribution in [0.4, 0.5) is 0 Å². The third-order valence-corrected chi connectivity index (χ3v) is 4.82. The quantitative estimate of drug-likeness (QED) is 0.747. The molecule has 0 saturated heterocycles. The number of rotatable bonds is 7. The van der Waals surface area contributed by atoms with Gasteiger partial charge in [0.2, 0.25) is 0 Å². The highest BCUT2D eigenvalue weighted by atomic mass is 16.3. The second kappa shape index (κ2) is 8.16. The van der Waals surface area contributed by atoms with Crippen LogP contribution < -0.4 is 0 Å². The fourth-order valence-electron chi connectivity index (χ4n) is 3.23. The molecule has 18 heavy (non-hydrogen) atoms. The predicted octanol–water partition coefficient (Wildman–Crippen LogP) is 3.83. The largest absolute Gasteiger partial charge is 0.391 e. The van der Waals surface area contributed by atoms with Gasteiger partial charge in [0.15, 0.2) is 0 Å². The molecule has 0 amide bonds. The van der Waals surface area contributed by atoms with Crippen LogP contribution in [0.1, 0.15) is 72.6 Å². The van der Waals surface area contributed by atoms with Crippen molar-refractivity contribution in [1.82, 2.24) is 4.90 Å². The molecule has 1 aliphatic carbocycles. The first kappa shape index (κ1) is 16.0. The van der Waals surface area contributed by atoms with E-state index in [1.54, 1.807) is 0 Å². The maximum atomic E-state index is 10.4. The van der Waals surface area contributed by atoms with Crippen molar-refractivity contribution < 1.29 is 5.11 Å². The van der Waals surface area contributed by atoms with Crippen LogP contribution in [0.3, 0.4) is 0 Å². The van der Waals surface area contributed by atoms with Crippen LogP contribution in [-0.2, 0) is 0 Å². The van der Waals surface area contributed by atoms with Crippen molar-refractivity contribution in [3.8, 4) is 0 Å². The molecule has 4 atom stereocenters. The molecular weight excluding hydrogens is 222 g/mol. The number of hydrogen-bond acceptors (Lipinski definition) is 2. The van der Waals surface area contributed by atoms with E-state index in [0.717, 1.165) is 18.9 Å². The van der Waals surface area contributed by atoms with Crippen molar-refractivity contribution in [3.63, 3.8) is 0 Å². The van der Waals surface area contributed by atoms with Crippen LogP contribution in [-0.4, -0.2) is 34.7 Å². The molecule has 0 spiro atoms. The summed E-state index contributed by atoms with van der Waals surface area (Å²) in [5.41, 5.74) is 0. The van der Waals surface area contributed by atoms with Crippen LogP contribution in [0.25, 0.3) is 0 Å². The van der Waals surface area contributed by atoms with E-state index in [0.29, 0.717) is 12.1 Å². The molecule has 1 rings (SSSR count). The third-order valence-electron chi connectivity index (χ3n) is 4.82. The molecule has 0 aliphatic heterocycles. The Labute approximate surface area is 114 Å². The van der Waals surface area contributed by atoms with Crippen molar-refractivity contribution in [2.75, 3.05) is 6.54 Å². The van der Waals surface area contributed by atoms with E-state index in [1.165, 1.54) is 38.5 Å². The molecule has 0 bridgehead atoms. The summed E-state index contributed by atoms with van der Waals surface area (Å²) >= 11 is 0. The Morgan fingerprint density at radius 1 is 1.22 bits per heavy atom. The molecule has 2 heteroatoms. The summed E-state index contributed by atoms with van der Waals surface area (Å²) in [6, 6.07) is 1.01. The van der Waals surface area contributed by atoms with E-state index in [2.05, 4.69) is 32.6 Å². The van der Waals surface area contributed by atoms with E-state index in [1.807, 2.05) is 0 Å². The first-order valence-electron chi connectivity index (χ1n) is 8.07. The topological polar surface area (TPSA) is 23.5 Å². The Balaban J connectivity index is 2.68. The average Bonchev–Trinajstić information content (AvgIpc) is 2.40. The molecule has 1 saturated carbocycles. The molecule has 0 heterocycles. The van der Waals surface area contributed by atoms with Gasteiger partial charge >= 0.3 is 0 Å². The minimum absolute atomic E-state index is 0.0985. The molecule has 0 radical (unpaired) electrons. The number of unbranched alkanes of at least 4 members (excludes halogenated alkanes) is 1. The van der Waals surface area contributed by atoms with Gasteiger partial charge in [-0.25, -0.2) is 0 Å². The highest BCUT2D eigenvalue weighted by Gasteiger charge is 2.33. The highest BCUT2D eigenvalue weighted by Crippen LogP contribution is 2.31. The van der Waals surface area contributed by atoms with Crippen molar-refractivity contribution in [1.29, 1.82) is 0 Å². The zero-order valence-corrected chi connectivity index (χ0v) is 12.9. The lowest BCUT2D eigenvalue weighted by atomic mass is 9.81. The van der Waals surface area contributed by atoms with Gasteiger partial charge in [-0.2, -0.15) is 0 Å². The van der Waals surface area contributed by atoms with Gasteiger partial charge in [-0.1, -0.05) is 33.6 Å². The van der Waals surface area contributed by atoms with Gasteiger partial charge in [0.1, 0.15) is 0 Å². The maximum Gasteiger partial charge on any atom is 0.0695 e. The monoisotopic (exact) mass is 255 g/mol. The fourth-order valence-corrected chi connectivity index (χ4v) is 3.23. The summed E-state index contributed by atoms with van der Waals surface area (Å²) in [7, 11) is 0. The SMILES string of the molecule is CCCCN(C(C)CC)C1CC(CC)CCC1O. The summed E-state index contributed by atoms with van der Waals surface area (Å²) < 4.78 is 0. The first-order valence-corrected chi connectivity index (χ1v) is 8.07. The number of aliphatic hydroxyl groups excluding tert-OH is 1. The van der Waals surface area contributed by atoms with Gasteiger partial charge < -0.3 is 5.11 Å². The molecule has 4 unspecified atom stereocenters. The molecule has 1 aliphatic rings. The second-order valence-electron chi connectivity index (χ2n) is 6.07. The van der Waals surface area contributed by atoms with E-state index < -0.39 is 0 Å². The highest BCUT2D eigenvalue weighted by molar-refractivity contribution is 4.88. The van der Waals surface area contributed by atoms with Crippen LogP contribution in [0, 0.1) is 5.92 Å². The van der Waals surface area contributed by atoms with Crippen LogP contribution >= 0.6 is 0 Å². The van der Waals surface area contributed by atoms with Crippen LogP contribution in [0.2, 0.25) is 0 Å². The molecule has 0 aromatic carbocycles. The van der Waals surface area contributed by atoms with Crippen molar-refractivity contribution in [2.24, 2.45) is 5.92 Å².